The van der Waals surface area contributed by atoms with Gasteiger partial charge in [-0.15, -0.1) is 0 Å². The number of carbonyl (C=O) groups excluding carboxylic acids is 2. The zero-order valence-corrected chi connectivity index (χ0v) is 16.8. The Labute approximate surface area is 166 Å². The molecule has 27 heavy (non-hydrogen) atoms. The van der Waals surface area contributed by atoms with E-state index in [0.717, 1.165) is 11.1 Å². The number of ether oxygens (including phenoxy) is 2. The molecule has 1 fully saturated rings. The molecular formula is C21H20O4S2. The van der Waals surface area contributed by atoms with Crippen molar-refractivity contribution in [3.05, 3.63) is 59.2 Å². The molecule has 1 heterocycles. The molecule has 0 aliphatic carbocycles. The molecule has 0 N–H and O–H groups in total. The van der Waals surface area contributed by atoms with Gasteiger partial charge in [0.2, 0.25) is 0 Å². The van der Waals surface area contributed by atoms with Crippen LogP contribution in [0.5, 0.6) is 11.5 Å². The van der Waals surface area contributed by atoms with Gasteiger partial charge in [0.25, 0.3) is 0 Å². The minimum absolute atomic E-state index is 0.340. The normalized spacial score (nSPS) is 16.4. The molecule has 1 unspecified atom stereocenters. The van der Waals surface area contributed by atoms with Crippen molar-refractivity contribution >= 4 is 45.7 Å². The number of carbonyl (C=O) groups is 2. The van der Waals surface area contributed by atoms with Crippen LogP contribution >= 0.6 is 21.6 Å². The van der Waals surface area contributed by atoms with Crippen LogP contribution in [0.3, 0.4) is 0 Å². The maximum Gasteiger partial charge on any atom is 0.308 e. The Balaban J connectivity index is 1.78. The van der Waals surface area contributed by atoms with E-state index in [0.29, 0.717) is 16.7 Å². The van der Waals surface area contributed by atoms with Crippen LogP contribution in [0.2, 0.25) is 0 Å². The highest BCUT2D eigenvalue weighted by molar-refractivity contribution is 8.77. The topological polar surface area (TPSA) is 52.6 Å². The van der Waals surface area contributed by atoms with Crippen molar-refractivity contribution in [3.8, 4) is 11.5 Å². The van der Waals surface area contributed by atoms with Gasteiger partial charge >= 0.3 is 11.9 Å². The Hall–Kier alpha value is -2.18. The Morgan fingerprint density at radius 1 is 0.926 bits per heavy atom. The van der Waals surface area contributed by atoms with Crippen molar-refractivity contribution in [1.29, 1.82) is 0 Å². The molecule has 1 aliphatic heterocycles. The van der Waals surface area contributed by atoms with Gasteiger partial charge in [0.15, 0.2) is 0 Å². The maximum atomic E-state index is 11.2. The Kier molecular flexibility index (Phi) is 6.63. The van der Waals surface area contributed by atoms with Crippen LogP contribution in [0.1, 0.15) is 42.2 Å². The molecule has 140 valence electrons. The molecule has 3 rings (SSSR count). The Bertz CT molecular complexity index is 819. The molecule has 1 saturated heterocycles. The summed E-state index contributed by atoms with van der Waals surface area (Å²) in [7, 11) is 3.87. The second-order valence-corrected chi connectivity index (χ2v) is 8.81. The van der Waals surface area contributed by atoms with Gasteiger partial charge in [0.05, 0.1) is 0 Å². The number of rotatable bonds is 5. The number of hydrogen-bond acceptors (Lipinski definition) is 6. The average Bonchev–Trinajstić information content (AvgIpc) is 3.14. The van der Waals surface area contributed by atoms with Gasteiger partial charge in [0, 0.05) is 30.9 Å². The molecule has 0 radical (unpaired) electrons. The third kappa shape index (κ3) is 5.91. The van der Waals surface area contributed by atoms with Crippen LogP contribution in [-0.2, 0) is 9.59 Å². The van der Waals surface area contributed by atoms with E-state index in [1.165, 1.54) is 37.7 Å². The fourth-order valence-electron chi connectivity index (χ4n) is 2.71. The van der Waals surface area contributed by atoms with Crippen molar-refractivity contribution in [3.63, 3.8) is 0 Å². The molecule has 0 aromatic heterocycles. The molecule has 2 aromatic carbocycles. The molecule has 4 nitrogen and oxygen atoms in total. The Morgan fingerprint density at radius 2 is 1.52 bits per heavy atom. The van der Waals surface area contributed by atoms with Crippen LogP contribution in [0.25, 0.3) is 12.2 Å². The molecule has 0 amide bonds. The SMILES string of the molecule is CC(=O)Oc1cc(/C=C/c2ccc(C3CCSS3)cc2)cc(OC(C)=O)c1. The fourth-order valence-corrected chi connectivity index (χ4v) is 5.63. The summed E-state index contributed by atoms with van der Waals surface area (Å²) in [5, 5.41) is 0.583. The molecule has 1 atom stereocenters. The molecule has 0 saturated carbocycles. The number of esters is 2. The zero-order valence-electron chi connectivity index (χ0n) is 15.1. The third-order valence-corrected chi connectivity index (χ3v) is 6.73. The van der Waals surface area contributed by atoms with E-state index in [2.05, 4.69) is 24.3 Å². The lowest BCUT2D eigenvalue weighted by atomic mass is 10.1. The van der Waals surface area contributed by atoms with Gasteiger partial charge in [-0.05, 0) is 35.2 Å². The first-order valence-corrected chi connectivity index (χ1v) is 11.0. The van der Waals surface area contributed by atoms with E-state index < -0.39 is 11.9 Å². The first-order chi connectivity index (χ1) is 13.0. The van der Waals surface area contributed by atoms with Gasteiger partial charge in [-0.25, -0.2) is 0 Å². The molecule has 6 heteroatoms. The lowest BCUT2D eigenvalue weighted by Gasteiger charge is -2.08. The lowest BCUT2D eigenvalue weighted by Crippen LogP contribution is -2.04. The van der Waals surface area contributed by atoms with Crippen LogP contribution < -0.4 is 9.47 Å². The third-order valence-electron chi connectivity index (χ3n) is 3.85. The van der Waals surface area contributed by atoms with Gasteiger partial charge in [0.1, 0.15) is 11.5 Å². The van der Waals surface area contributed by atoms with Crippen molar-refractivity contribution in [2.24, 2.45) is 0 Å². The predicted octanol–water partition coefficient (Wildman–Crippen LogP) is 5.53. The van der Waals surface area contributed by atoms with Gasteiger partial charge in [-0.1, -0.05) is 58.0 Å². The van der Waals surface area contributed by atoms with Crippen LogP contribution in [0, 0.1) is 0 Å². The lowest BCUT2D eigenvalue weighted by molar-refractivity contribution is -0.132. The molecule has 1 aliphatic rings. The van der Waals surface area contributed by atoms with Crippen LogP contribution in [-0.4, -0.2) is 17.7 Å². The smallest absolute Gasteiger partial charge is 0.308 e. The van der Waals surface area contributed by atoms with E-state index in [-0.39, 0.29) is 0 Å². The van der Waals surface area contributed by atoms with Gasteiger partial charge in [-0.2, -0.15) is 0 Å². The van der Waals surface area contributed by atoms with Gasteiger partial charge in [-0.3, -0.25) is 9.59 Å². The first kappa shape index (κ1) is 19.6. The summed E-state index contributed by atoms with van der Waals surface area (Å²) in [4.78, 5) is 22.5. The Morgan fingerprint density at radius 3 is 2.04 bits per heavy atom. The monoisotopic (exact) mass is 400 g/mol. The average molecular weight is 401 g/mol. The largest absolute Gasteiger partial charge is 0.427 e. The van der Waals surface area contributed by atoms with E-state index in [4.69, 9.17) is 9.47 Å². The molecule has 0 bridgehead atoms. The van der Waals surface area contributed by atoms with Crippen molar-refractivity contribution in [2.75, 3.05) is 5.75 Å². The molecule has 2 aromatic rings. The maximum absolute atomic E-state index is 11.2. The summed E-state index contributed by atoms with van der Waals surface area (Å²) in [6.07, 6.45) is 5.09. The number of hydrogen-bond donors (Lipinski definition) is 0. The summed E-state index contributed by atoms with van der Waals surface area (Å²) in [5.74, 6) is 1.03. The highest BCUT2D eigenvalue weighted by atomic mass is 33.1. The number of benzene rings is 2. The van der Waals surface area contributed by atoms with Crippen LogP contribution in [0.4, 0.5) is 0 Å². The van der Waals surface area contributed by atoms with E-state index >= 15 is 0 Å². The van der Waals surface area contributed by atoms with Crippen molar-refractivity contribution in [1.82, 2.24) is 0 Å². The summed E-state index contributed by atoms with van der Waals surface area (Å²) in [5.41, 5.74) is 3.20. The standard InChI is InChI=1S/C21H20O4S2/c1-14(22)24-19-11-17(12-20(13-19)25-15(2)23)4-3-16-5-7-18(8-6-16)21-9-10-26-27-21/h3-8,11-13,21H,9-10H2,1-2H3/b4-3+. The zero-order chi connectivity index (χ0) is 19.2. The molecule has 0 spiro atoms. The quantitative estimate of drug-likeness (QED) is 0.284. The minimum atomic E-state index is -0.427. The fraction of sp³-hybridized carbons (Fsp3) is 0.238. The first-order valence-electron chi connectivity index (χ1n) is 8.58. The summed E-state index contributed by atoms with van der Waals surface area (Å²) in [6, 6.07) is 13.5. The second kappa shape index (κ2) is 9.15. The summed E-state index contributed by atoms with van der Waals surface area (Å²) >= 11 is 0. The second-order valence-electron chi connectivity index (χ2n) is 6.12. The summed E-state index contributed by atoms with van der Waals surface area (Å²) in [6.45, 7) is 2.66. The van der Waals surface area contributed by atoms with Crippen molar-refractivity contribution < 1.29 is 19.1 Å². The summed E-state index contributed by atoms with van der Waals surface area (Å²) < 4.78 is 10.3. The van der Waals surface area contributed by atoms with Gasteiger partial charge < -0.3 is 9.47 Å². The minimum Gasteiger partial charge on any atom is -0.427 e. The van der Waals surface area contributed by atoms with E-state index in [1.54, 1.807) is 12.1 Å². The predicted molar refractivity (Wildman–Crippen MR) is 112 cm³/mol. The van der Waals surface area contributed by atoms with Crippen LogP contribution in [0.15, 0.2) is 42.5 Å². The molecular weight excluding hydrogens is 380 g/mol. The van der Waals surface area contributed by atoms with E-state index in [9.17, 15) is 9.59 Å². The van der Waals surface area contributed by atoms with E-state index in [1.807, 2.05) is 33.7 Å². The van der Waals surface area contributed by atoms with Crippen molar-refractivity contribution in [2.45, 2.75) is 25.5 Å². The highest BCUT2D eigenvalue weighted by Gasteiger charge is 2.17. The highest BCUT2D eigenvalue weighted by Crippen LogP contribution is 2.47.